The van der Waals surface area contributed by atoms with Crippen molar-refractivity contribution in [3.05, 3.63) is 59.7 Å². The van der Waals surface area contributed by atoms with Crippen LogP contribution >= 0.6 is 0 Å². The van der Waals surface area contributed by atoms with Crippen LogP contribution in [-0.2, 0) is 14.3 Å². The highest BCUT2D eigenvalue weighted by molar-refractivity contribution is 5.89. The summed E-state index contributed by atoms with van der Waals surface area (Å²) in [6.45, 7) is 6.35. The summed E-state index contributed by atoms with van der Waals surface area (Å²) in [5, 5.41) is 12.5. The van der Waals surface area contributed by atoms with Gasteiger partial charge in [-0.2, -0.15) is 0 Å². The van der Waals surface area contributed by atoms with E-state index in [0.29, 0.717) is 25.8 Å². The summed E-state index contributed by atoms with van der Waals surface area (Å²) in [4.78, 5) is 39.3. The number of rotatable bonds is 8. The van der Waals surface area contributed by atoms with Gasteiger partial charge in [0.1, 0.15) is 12.1 Å². The normalized spacial score (nSPS) is 19.8. The number of benzene rings is 2. The molecule has 1 heterocycles. The molecule has 0 spiro atoms. The average Bonchev–Trinajstić information content (AvgIpc) is 3.39. The van der Waals surface area contributed by atoms with Gasteiger partial charge in [0.15, 0.2) is 0 Å². The second-order valence-electron chi connectivity index (χ2n) is 10.2. The number of alkyl carbamates (subject to hydrolysis) is 1. The Kier molecular flexibility index (Phi) is 7.15. The highest BCUT2D eigenvalue weighted by Crippen LogP contribution is 2.44. The highest BCUT2D eigenvalue weighted by atomic mass is 16.5. The lowest BCUT2D eigenvalue weighted by Gasteiger charge is -2.34. The Morgan fingerprint density at radius 1 is 1.09 bits per heavy atom. The number of carboxylic acid groups (broad SMARTS) is 1. The van der Waals surface area contributed by atoms with Gasteiger partial charge in [-0.05, 0) is 54.4 Å². The fourth-order valence-electron chi connectivity index (χ4n) is 5.46. The number of ether oxygens (including phenoxy) is 1. The van der Waals surface area contributed by atoms with Crippen LogP contribution in [0.25, 0.3) is 11.1 Å². The van der Waals surface area contributed by atoms with E-state index in [9.17, 15) is 19.5 Å². The average molecular weight is 479 g/mol. The summed E-state index contributed by atoms with van der Waals surface area (Å²) in [7, 11) is 0. The van der Waals surface area contributed by atoms with Crippen molar-refractivity contribution in [1.29, 1.82) is 0 Å². The summed E-state index contributed by atoms with van der Waals surface area (Å²) < 4.78 is 5.61. The number of amides is 2. The van der Waals surface area contributed by atoms with Gasteiger partial charge in [0.05, 0.1) is 5.92 Å². The lowest BCUT2D eigenvalue weighted by atomic mass is 9.93. The molecule has 1 aliphatic carbocycles. The van der Waals surface area contributed by atoms with Crippen molar-refractivity contribution in [2.24, 2.45) is 11.8 Å². The van der Waals surface area contributed by atoms with Crippen LogP contribution in [0.3, 0.4) is 0 Å². The molecule has 35 heavy (non-hydrogen) atoms. The summed E-state index contributed by atoms with van der Waals surface area (Å²) in [5.41, 5.74) is 3.39. The molecule has 0 aromatic heterocycles. The first-order chi connectivity index (χ1) is 16.7. The summed E-state index contributed by atoms with van der Waals surface area (Å²) in [6, 6.07) is 16.3. The Bertz CT molecular complexity index is 1070. The number of carboxylic acids is 1. The first kappa shape index (κ1) is 24.8. The number of likely N-dealkylation sites (tertiary alicyclic amines) is 1. The monoisotopic (exact) mass is 478 g/mol. The van der Waals surface area contributed by atoms with Crippen molar-refractivity contribution >= 4 is 18.0 Å². The van der Waals surface area contributed by atoms with Crippen molar-refractivity contribution in [3.63, 3.8) is 0 Å². The molecule has 2 N–H and O–H groups in total. The number of nitrogens with one attached hydrogen (secondary N) is 1. The van der Waals surface area contributed by atoms with Gasteiger partial charge in [-0.25, -0.2) is 9.59 Å². The zero-order chi connectivity index (χ0) is 25.2. The molecule has 0 radical (unpaired) electrons. The molecule has 2 amide bonds. The van der Waals surface area contributed by atoms with Crippen LogP contribution in [0, 0.1) is 11.8 Å². The van der Waals surface area contributed by atoms with Gasteiger partial charge < -0.3 is 20.1 Å². The van der Waals surface area contributed by atoms with E-state index in [1.165, 1.54) is 4.90 Å². The largest absolute Gasteiger partial charge is 0.480 e. The van der Waals surface area contributed by atoms with Crippen molar-refractivity contribution in [3.8, 4) is 11.1 Å². The molecule has 0 saturated carbocycles. The third-order valence-electron chi connectivity index (χ3n) is 7.31. The molecule has 2 aliphatic rings. The van der Waals surface area contributed by atoms with E-state index in [0.717, 1.165) is 22.3 Å². The van der Waals surface area contributed by atoms with Gasteiger partial charge in [0.2, 0.25) is 5.91 Å². The van der Waals surface area contributed by atoms with Gasteiger partial charge in [0.25, 0.3) is 0 Å². The topological polar surface area (TPSA) is 95.9 Å². The van der Waals surface area contributed by atoms with Crippen LogP contribution < -0.4 is 5.32 Å². The Labute approximate surface area is 206 Å². The number of carbonyl (C=O) groups is 3. The standard InChI is InChI=1S/C28H34N2O5/c1-18(2)15-19(25(31)30-14-8-13-28(30,3)26(32)33)16-29-27(34)35-17-24-22-11-6-4-9-20(22)21-10-5-7-12-23(21)24/h4-7,9-12,18-19,24H,8,13-17H2,1-3H3,(H,29,34)(H,32,33)/t19?,28-/m0/s1. The minimum absolute atomic E-state index is 0.0397. The minimum atomic E-state index is -1.20. The molecule has 0 bridgehead atoms. The number of fused-ring (bicyclic) bond motifs is 3. The molecule has 1 unspecified atom stereocenters. The van der Waals surface area contributed by atoms with Crippen molar-refractivity contribution in [1.82, 2.24) is 10.2 Å². The number of carbonyl (C=O) groups excluding carboxylic acids is 2. The maximum atomic E-state index is 13.3. The van der Waals surface area contributed by atoms with E-state index in [1.54, 1.807) is 6.92 Å². The lowest BCUT2D eigenvalue weighted by Crippen LogP contribution is -2.54. The lowest BCUT2D eigenvalue weighted by molar-refractivity contribution is -0.157. The van der Waals surface area contributed by atoms with Crippen LogP contribution in [0.4, 0.5) is 4.79 Å². The Morgan fingerprint density at radius 3 is 2.26 bits per heavy atom. The molecular formula is C28H34N2O5. The van der Waals surface area contributed by atoms with Gasteiger partial charge >= 0.3 is 12.1 Å². The Hall–Kier alpha value is -3.35. The molecule has 2 aromatic rings. The zero-order valence-corrected chi connectivity index (χ0v) is 20.6. The fraction of sp³-hybridized carbons (Fsp3) is 0.464. The van der Waals surface area contributed by atoms with Gasteiger partial charge in [-0.1, -0.05) is 62.4 Å². The van der Waals surface area contributed by atoms with Gasteiger partial charge in [0, 0.05) is 19.0 Å². The van der Waals surface area contributed by atoms with Crippen LogP contribution in [0.1, 0.15) is 57.1 Å². The minimum Gasteiger partial charge on any atom is -0.480 e. The van der Waals surface area contributed by atoms with E-state index in [2.05, 4.69) is 29.6 Å². The molecule has 7 nitrogen and oxygen atoms in total. The molecule has 2 atom stereocenters. The summed E-state index contributed by atoms with van der Waals surface area (Å²) in [6.07, 6.45) is 1.07. The second kappa shape index (κ2) is 10.1. The van der Waals surface area contributed by atoms with E-state index in [4.69, 9.17) is 4.74 Å². The summed E-state index contributed by atoms with van der Waals surface area (Å²) >= 11 is 0. The quantitative estimate of drug-likeness (QED) is 0.576. The number of aliphatic carboxylic acids is 1. The van der Waals surface area contributed by atoms with Crippen molar-refractivity contribution in [2.75, 3.05) is 19.7 Å². The van der Waals surface area contributed by atoms with Gasteiger partial charge in [-0.3, -0.25) is 4.79 Å². The van der Waals surface area contributed by atoms with E-state index in [-0.39, 0.29) is 30.9 Å². The predicted molar refractivity (Wildman–Crippen MR) is 133 cm³/mol. The van der Waals surface area contributed by atoms with E-state index >= 15 is 0 Å². The Balaban J connectivity index is 1.39. The molecule has 2 aromatic carbocycles. The first-order valence-electron chi connectivity index (χ1n) is 12.4. The molecule has 1 fully saturated rings. The van der Waals surface area contributed by atoms with Crippen molar-refractivity contribution < 1.29 is 24.2 Å². The van der Waals surface area contributed by atoms with Crippen LogP contribution in [-0.4, -0.2) is 53.2 Å². The summed E-state index contributed by atoms with van der Waals surface area (Å²) in [5.74, 6) is -1.54. The zero-order valence-electron chi connectivity index (χ0n) is 20.6. The highest BCUT2D eigenvalue weighted by Gasteiger charge is 2.47. The maximum Gasteiger partial charge on any atom is 0.407 e. The van der Waals surface area contributed by atoms with Gasteiger partial charge in [-0.15, -0.1) is 0 Å². The predicted octanol–water partition coefficient (Wildman–Crippen LogP) is 4.65. The molecular weight excluding hydrogens is 444 g/mol. The number of hydrogen-bond donors (Lipinski definition) is 2. The van der Waals surface area contributed by atoms with Crippen LogP contribution in [0.15, 0.2) is 48.5 Å². The molecule has 4 rings (SSSR count). The molecule has 7 heteroatoms. The van der Waals surface area contributed by atoms with Crippen molar-refractivity contribution in [2.45, 2.75) is 51.5 Å². The fourth-order valence-corrected chi connectivity index (χ4v) is 5.46. The second-order valence-corrected chi connectivity index (χ2v) is 10.2. The number of nitrogens with zero attached hydrogens (tertiary/aromatic N) is 1. The number of hydrogen-bond acceptors (Lipinski definition) is 4. The molecule has 1 saturated heterocycles. The van der Waals surface area contributed by atoms with Crippen LogP contribution in [0.2, 0.25) is 0 Å². The first-order valence-corrected chi connectivity index (χ1v) is 12.4. The van der Waals surface area contributed by atoms with E-state index in [1.807, 2.05) is 38.1 Å². The SMILES string of the molecule is CC(C)CC(CNC(=O)OCC1c2ccccc2-c2ccccc21)C(=O)N1CCC[C@@]1(C)C(=O)O. The third-order valence-corrected chi connectivity index (χ3v) is 7.31. The maximum absolute atomic E-state index is 13.3. The molecule has 186 valence electrons. The Morgan fingerprint density at radius 2 is 1.69 bits per heavy atom. The van der Waals surface area contributed by atoms with Crippen LogP contribution in [0.5, 0.6) is 0 Å². The smallest absolute Gasteiger partial charge is 0.407 e. The van der Waals surface area contributed by atoms with E-state index < -0.39 is 23.5 Å². The molecule has 1 aliphatic heterocycles. The third kappa shape index (κ3) is 4.90.